The molecule has 1 aromatic carbocycles. The van der Waals surface area contributed by atoms with Gasteiger partial charge >= 0.3 is 0 Å². The van der Waals surface area contributed by atoms with Gasteiger partial charge in [0.25, 0.3) is 0 Å². The quantitative estimate of drug-likeness (QED) is 0.851. The van der Waals surface area contributed by atoms with Crippen LogP contribution in [-0.2, 0) is 0 Å². The van der Waals surface area contributed by atoms with E-state index in [1.54, 1.807) is 7.11 Å². The molecule has 1 N–H and O–H groups in total. The van der Waals surface area contributed by atoms with Crippen molar-refractivity contribution in [3.05, 3.63) is 17.7 Å². The van der Waals surface area contributed by atoms with E-state index in [1.165, 1.54) is 5.56 Å². The maximum Gasteiger partial charge on any atom is 0.231 e. The third-order valence-electron chi connectivity index (χ3n) is 4.75. The van der Waals surface area contributed by atoms with Gasteiger partial charge in [0.1, 0.15) is 0 Å². The van der Waals surface area contributed by atoms with Crippen LogP contribution >= 0.6 is 24.8 Å². The molecule has 5 nitrogen and oxygen atoms in total. The molecule has 0 amide bonds. The van der Waals surface area contributed by atoms with Crippen LogP contribution in [-0.4, -0.2) is 45.0 Å². The lowest BCUT2D eigenvalue weighted by Crippen LogP contribution is -2.46. The largest absolute Gasteiger partial charge is 0.493 e. The van der Waals surface area contributed by atoms with Crippen LogP contribution in [0.25, 0.3) is 0 Å². The maximum absolute atomic E-state index is 5.60. The SMILES string of the molecule is CCC(C)[C@@H](c1cc(OC)c2c(c1)OCO2)N1CCNCC1.Cl.Cl. The first kappa shape index (κ1) is 21.2. The fraction of sp³-hybridized carbons (Fsp3) is 0.647. The Morgan fingerprint density at radius 1 is 1.21 bits per heavy atom. The summed E-state index contributed by atoms with van der Waals surface area (Å²) in [5, 5.41) is 3.43. The molecule has 2 heterocycles. The molecule has 2 atom stereocenters. The Morgan fingerprint density at radius 2 is 1.92 bits per heavy atom. The minimum atomic E-state index is 0. The summed E-state index contributed by atoms with van der Waals surface area (Å²) in [5.74, 6) is 2.88. The van der Waals surface area contributed by atoms with Gasteiger partial charge in [-0.2, -0.15) is 0 Å². The summed E-state index contributed by atoms with van der Waals surface area (Å²) < 4.78 is 16.6. The molecule has 1 unspecified atom stereocenters. The minimum absolute atomic E-state index is 0. The number of rotatable bonds is 5. The molecule has 0 saturated carbocycles. The Morgan fingerprint density at radius 3 is 2.54 bits per heavy atom. The van der Waals surface area contributed by atoms with Crippen molar-refractivity contribution in [3.63, 3.8) is 0 Å². The van der Waals surface area contributed by atoms with Crippen LogP contribution in [0, 0.1) is 5.92 Å². The van der Waals surface area contributed by atoms with Gasteiger partial charge in [0.05, 0.1) is 7.11 Å². The first-order valence-electron chi connectivity index (χ1n) is 8.17. The van der Waals surface area contributed by atoms with E-state index in [0.29, 0.717) is 12.0 Å². The molecule has 0 aromatic heterocycles. The van der Waals surface area contributed by atoms with E-state index >= 15 is 0 Å². The fourth-order valence-corrected chi connectivity index (χ4v) is 3.40. The van der Waals surface area contributed by atoms with Crippen LogP contribution in [0.5, 0.6) is 17.2 Å². The van der Waals surface area contributed by atoms with Crippen molar-refractivity contribution in [2.45, 2.75) is 26.3 Å². The monoisotopic (exact) mass is 378 g/mol. The van der Waals surface area contributed by atoms with Crippen molar-refractivity contribution in [2.75, 3.05) is 40.1 Å². The van der Waals surface area contributed by atoms with Crippen LogP contribution in [0.3, 0.4) is 0 Å². The van der Waals surface area contributed by atoms with Gasteiger partial charge in [0.2, 0.25) is 12.5 Å². The summed E-state index contributed by atoms with van der Waals surface area (Å²) >= 11 is 0. The van der Waals surface area contributed by atoms with E-state index in [0.717, 1.165) is 49.8 Å². The number of hydrogen-bond donors (Lipinski definition) is 1. The molecule has 138 valence electrons. The van der Waals surface area contributed by atoms with E-state index in [4.69, 9.17) is 14.2 Å². The van der Waals surface area contributed by atoms with E-state index < -0.39 is 0 Å². The number of halogens is 2. The van der Waals surface area contributed by atoms with E-state index in [2.05, 4.69) is 36.2 Å². The Balaban J connectivity index is 0.00000144. The first-order chi connectivity index (χ1) is 10.7. The smallest absolute Gasteiger partial charge is 0.231 e. The highest BCUT2D eigenvalue weighted by molar-refractivity contribution is 5.85. The Labute approximate surface area is 156 Å². The highest BCUT2D eigenvalue weighted by Gasteiger charge is 2.30. The van der Waals surface area contributed by atoms with Crippen LogP contribution in [0.4, 0.5) is 0 Å². The number of fused-ring (bicyclic) bond motifs is 1. The zero-order valence-corrected chi connectivity index (χ0v) is 16.2. The molecule has 1 aromatic rings. The highest BCUT2D eigenvalue weighted by atomic mass is 35.5. The lowest BCUT2D eigenvalue weighted by molar-refractivity contribution is 0.128. The number of nitrogens with one attached hydrogen (secondary N) is 1. The Bertz CT molecular complexity index is 525. The maximum atomic E-state index is 5.60. The number of piperazine rings is 1. The highest BCUT2D eigenvalue weighted by Crippen LogP contribution is 2.45. The number of methoxy groups -OCH3 is 1. The van der Waals surface area contributed by atoms with Gasteiger partial charge in [-0.1, -0.05) is 20.3 Å². The summed E-state index contributed by atoms with van der Waals surface area (Å²) in [6.07, 6.45) is 1.14. The van der Waals surface area contributed by atoms with Gasteiger partial charge in [-0.3, -0.25) is 4.90 Å². The van der Waals surface area contributed by atoms with E-state index in [9.17, 15) is 0 Å². The second-order valence-corrected chi connectivity index (χ2v) is 6.07. The molecule has 2 aliphatic rings. The predicted octanol–water partition coefficient (Wildman–Crippen LogP) is 3.26. The zero-order valence-electron chi connectivity index (χ0n) is 14.5. The van der Waals surface area contributed by atoms with Crippen molar-refractivity contribution in [3.8, 4) is 17.2 Å². The molecule has 24 heavy (non-hydrogen) atoms. The molecule has 1 fully saturated rings. The van der Waals surface area contributed by atoms with E-state index in [1.807, 2.05) is 0 Å². The van der Waals surface area contributed by atoms with Gasteiger partial charge < -0.3 is 19.5 Å². The van der Waals surface area contributed by atoms with Crippen molar-refractivity contribution in [2.24, 2.45) is 5.92 Å². The molecular formula is C17H28Cl2N2O3. The number of nitrogens with zero attached hydrogens (tertiary/aromatic N) is 1. The molecule has 0 spiro atoms. The average Bonchev–Trinajstić information content (AvgIpc) is 3.03. The Hall–Kier alpha value is -0.880. The predicted molar refractivity (Wildman–Crippen MR) is 100 cm³/mol. The third-order valence-corrected chi connectivity index (χ3v) is 4.75. The van der Waals surface area contributed by atoms with Crippen LogP contribution in [0.15, 0.2) is 12.1 Å². The van der Waals surface area contributed by atoms with E-state index in [-0.39, 0.29) is 31.6 Å². The van der Waals surface area contributed by atoms with Gasteiger partial charge in [-0.15, -0.1) is 24.8 Å². The van der Waals surface area contributed by atoms with Crippen molar-refractivity contribution >= 4 is 24.8 Å². The Kier molecular flexibility index (Phi) is 8.43. The minimum Gasteiger partial charge on any atom is -0.493 e. The number of ether oxygens (including phenoxy) is 3. The topological polar surface area (TPSA) is 43.0 Å². The third kappa shape index (κ3) is 4.20. The summed E-state index contributed by atoms with van der Waals surface area (Å²) in [5.41, 5.74) is 1.26. The summed E-state index contributed by atoms with van der Waals surface area (Å²) in [6.45, 7) is 9.10. The fourth-order valence-electron chi connectivity index (χ4n) is 3.40. The molecular weight excluding hydrogens is 351 g/mol. The van der Waals surface area contributed by atoms with Gasteiger partial charge in [0, 0.05) is 32.2 Å². The van der Waals surface area contributed by atoms with Crippen LogP contribution in [0.2, 0.25) is 0 Å². The van der Waals surface area contributed by atoms with Gasteiger partial charge in [-0.25, -0.2) is 0 Å². The molecule has 0 radical (unpaired) electrons. The number of hydrogen-bond acceptors (Lipinski definition) is 5. The summed E-state index contributed by atoms with van der Waals surface area (Å²) in [6, 6.07) is 4.63. The summed E-state index contributed by atoms with van der Waals surface area (Å²) in [7, 11) is 1.68. The van der Waals surface area contributed by atoms with Gasteiger partial charge in [-0.05, 0) is 23.6 Å². The molecule has 2 aliphatic heterocycles. The standard InChI is InChI=1S/C17H26N2O3.2ClH/c1-4-12(2)16(19-7-5-18-6-8-19)13-9-14(20-3)17-15(10-13)21-11-22-17;;/h9-10,12,16,18H,4-8,11H2,1-3H3;2*1H/t12?,16-;;/m0../s1. The average molecular weight is 379 g/mol. The lowest BCUT2D eigenvalue weighted by atomic mass is 9.90. The molecule has 7 heteroatoms. The van der Waals surface area contributed by atoms with Crippen LogP contribution < -0.4 is 19.5 Å². The molecule has 1 saturated heterocycles. The van der Waals surface area contributed by atoms with Crippen molar-refractivity contribution < 1.29 is 14.2 Å². The zero-order chi connectivity index (χ0) is 15.5. The van der Waals surface area contributed by atoms with Gasteiger partial charge in [0.15, 0.2) is 11.5 Å². The lowest BCUT2D eigenvalue weighted by Gasteiger charge is -2.38. The van der Waals surface area contributed by atoms with Crippen molar-refractivity contribution in [1.82, 2.24) is 10.2 Å². The molecule has 0 bridgehead atoms. The van der Waals surface area contributed by atoms with Crippen molar-refractivity contribution in [1.29, 1.82) is 0 Å². The summed E-state index contributed by atoms with van der Waals surface area (Å²) in [4.78, 5) is 2.57. The second-order valence-electron chi connectivity index (χ2n) is 6.07. The second kappa shape index (κ2) is 9.56. The first-order valence-corrected chi connectivity index (χ1v) is 8.17. The number of benzene rings is 1. The molecule has 3 rings (SSSR count). The van der Waals surface area contributed by atoms with Crippen LogP contribution in [0.1, 0.15) is 31.9 Å². The normalized spacial score (nSPS) is 19.0. The molecule has 0 aliphatic carbocycles.